The summed E-state index contributed by atoms with van der Waals surface area (Å²) < 4.78 is 10.2. The Morgan fingerprint density at radius 3 is 2.84 bits per heavy atom. The van der Waals surface area contributed by atoms with Gasteiger partial charge in [-0.1, -0.05) is 12.1 Å². The summed E-state index contributed by atoms with van der Waals surface area (Å²) in [5.41, 5.74) is 1.72. The second-order valence-electron chi connectivity index (χ2n) is 8.14. The van der Waals surface area contributed by atoms with E-state index < -0.39 is 0 Å². The van der Waals surface area contributed by atoms with Crippen molar-refractivity contribution in [2.45, 2.75) is 26.3 Å². The predicted molar refractivity (Wildman–Crippen MR) is 124 cm³/mol. The molecule has 1 aliphatic rings. The minimum Gasteiger partial charge on any atom is -0.461 e. The Balaban J connectivity index is 1.40. The molecule has 0 radical (unpaired) electrons. The molecule has 0 saturated carbocycles. The number of carbonyl (C=O) groups is 1. The van der Waals surface area contributed by atoms with E-state index >= 15 is 0 Å². The van der Waals surface area contributed by atoms with Crippen molar-refractivity contribution in [1.82, 2.24) is 19.2 Å². The maximum Gasteiger partial charge on any atom is 0.261 e. The van der Waals surface area contributed by atoms with Crippen molar-refractivity contribution in [1.29, 1.82) is 5.26 Å². The van der Waals surface area contributed by atoms with Crippen molar-refractivity contribution in [3.8, 4) is 17.4 Å². The van der Waals surface area contributed by atoms with E-state index in [1.807, 2.05) is 6.07 Å². The molecule has 0 spiro atoms. The highest BCUT2D eigenvalue weighted by Crippen LogP contribution is 2.27. The van der Waals surface area contributed by atoms with E-state index in [2.05, 4.69) is 44.5 Å². The van der Waals surface area contributed by atoms with E-state index in [0.717, 1.165) is 44.0 Å². The molecule has 1 N–H and O–H groups in total. The monoisotopic (exact) mass is 450 g/mol. The lowest BCUT2D eigenvalue weighted by Crippen LogP contribution is -2.48. The Bertz CT molecular complexity index is 1140. The summed E-state index contributed by atoms with van der Waals surface area (Å²) in [5, 5.41) is 12.4. The number of rotatable bonds is 6. The van der Waals surface area contributed by atoms with Crippen LogP contribution in [-0.4, -0.2) is 64.3 Å². The number of hydrogen-bond acceptors (Lipinski definition) is 8. The summed E-state index contributed by atoms with van der Waals surface area (Å²) in [4.78, 5) is 22.1. The van der Waals surface area contributed by atoms with Gasteiger partial charge in [-0.05, 0) is 39.1 Å². The third-order valence-corrected chi connectivity index (χ3v) is 6.43. The van der Waals surface area contributed by atoms with Crippen molar-refractivity contribution in [2.75, 3.05) is 38.5 Å². The molecule has 32 heavy (non-hydrogen) atoms. The van der Waals surface area contributed by atoms with Crippen LogP contribution in [0.25, 0.3) is 11.3 Å². The zero-order valence-corrected chi connectivity index (χ0v) is 19.3. The van der Waals surface area contributed by atoms with Gasteiger partial charge in [-0.2, -0.15) is 9.64 Å². The van der Waals surface area contributed by atoms with Crippen LogP contribution in [0.1, 0.15) is 34.4 Å². The van der Waals surface area contributed by atoms with Gasteiger partial charge in [0, 0.05) is 55.7 Å². The predicted octanol–water partition coefficient (Wildman–Crippen LogP) is 3.41. The molecule has 1 fully saturated rings. The molecule has 1 aliphatic heterocycles. The third-order valence-electron chi connectivity index (χ3n) is 5.77. The normalized spacial score (nSPS) is 15.9. The van der Waals surface area contributed by atoms with Gasteiger partial charge in [0.25, 0.3) is 5.91 Å². The second kappa shape index (κ2) is 9.61. The number of furan rings is 1. The quantitative estimate of drug-likeness (QED) is 0.614. The number of nitriles is 1. The molecule has 0 aliphatic carbocycles. The molecular formula is C23H26N6O2S. The number of benzene rings is 1. The Morgan fingerprint density at radius 1 is 1.31 bits per heavy atom. The van der Waals surface area contributed by atoms with Crippen LogP contribution in [0, 0.1) is 18.3 Å². The number of likely N-dealkylation sites (N-methyl/N-ethyl adjacent to an activating group) is 1. The number of aryl methyl sites for hydroxylation is 1. The van der Waals surface area contributed by atoms with Gasteiger partial charge in [0.05, 0.1) is 17.2 Å². The highest BCUT2D eigenvalue weighted by molar-refractivity contribution is 7.09. The molecule has 3 aromatic rings. The number of anilines is 1. The zero-order chi connectivity index (χ0) is 22.7. The molecule has 9 heteroatoms. The molecule has 2 aromatic heterocycles. The molecule has 1 amide bonds. The van der Waals surface area contributed by atoms with Gasteiger partial charge in [-0.15, -0.1) is 0 Å². The summed E-state index contributed by atoms with van der Waals surface area (Å²) in [5.74, 6) is 1.51. The maximum absolute atomic E-state index is 12.8. The van der Waals surface area contributed by atoms with E-state index in [0.29, 0.717) is 33.8 Å². The van der Waals surface area contributed by atoms with Gasteiger partial charge < -0.3 is 9.32 Å². The SMILES string of the molecule is Cc1oc(-c2cccc(C#N)c2)cc1C(=O)Nc1nc(CC(C)N2CCN(C)CC2)ns1. The van der Waals surface area contributed by atoms with Gasteiger partial charge in [0.2, 0.25) is 5.13 Å². The van der Waals surface area contributed by atoms with Crippen LogP contribution >= 0.6 is 11.5 Å². The highest BCUT2D eigenvalue weighted by atomic mass is 32.1. The largest absolute Gasteiger partial charge is 0.461 e. The van der Waals surface area contributed by atoms with E-state index in [-0.39, 0.29) is 5.91 Å². The summed E-state index contributed by atoms with van der Waals surface area (Å²) in [6.45, 7) is 8.18. The molecule has 1 saturated heterocycles. The van der Waals surface area contributed by atoms with Crippen LogP contribution in [0.4, 0.5) is 5.13 Å². The van der Waals surface area contributed by atoms with Crippen molar-refractivity contribution in [3.05, 3.63) is 53.0 Å². The van der Waals surface area contributed by atoms with E-state index in [4.69, 9.17) is 9.68 Å². The number of carbonyl (C=O) groups excluding carboxylic acids is 1. The molecule has 4 rings (SSSR count). The van der Waals surface area contributed by atoms with Crippen molar-refractivity contribution >= 4 is 22.6 Å². The Labute approximate surface area is 191 Å². The van der Waals surface area contributed by atoms with Crippen molar-refractivity contribution in [2.24, 2.45) is 0 Å². The van der Waals surface area contributed by atoms with E-state index in [9.17, 15) is 4.79 Å². The van der Waals surface area contributed by atoms with Crippen LogP contribution in [0.15, 0.2) is 34.7 Å². The molecule has 1 atom stereocenters. The van der Waals surface area contributed by atoms with Crippen LogP contribution in [0.5, 0.6) is 0 Å². The minimum atomic E-state index is -0.288. The van der Waals surface area contributed by atoms with Gasteiger partial charge in [-0.3, -0.25) is 15.0 Å². The lowest BCUT2D eigenvalue weighted by Gasteiger charge is -2.36. The molecule has 1 unspecified atom stereocenters. The van der Waals surface area contributed by atoms with Crippen LogP contribution < -0.4 is 5.32 Å². The average molecular weight is 451 g/mol. The molecule has 3 heterocycles. The minimum absolute atomic E-state index is 0.288. The molecule has 8 nitrogen and oxygen atoms in total. The maximum atomic E-state index is 12.8. The fraction of sp³-hybridized carbons (Fsp3) is 0.391. The molecule has 1 aromatic carbocycles. The van der Waals surface area contributed by atoms with Gasteiger partial charge >= 0.3 is 0 Å². The number of hydrogen-bond donors (Lipinski definition) is 1. The van der Waals surface area contributed by atoms with Crippen molar-refractivity contribution < 1.29 is 9.21 Å². The van der Waals surface area contributed by atoms with Gasteiger partial charge in [0.1, 0.15) is 17.3 Å². The molecule has 0 bridgehead atoms. The first-order chi connectivity index (χ1) is 15.4. The van der Waals surface area contributed by atoms with Crippen LogP contribution in [-0.2, 0) is 6.42 Å². The Morgan fingerprint density at radius 2 is 2.09 bits per heavy atom. The van der Waals surface area contributed by atoms with Gasteiger partial charge in [-0.25, -0.2) is 4.98 Å². The highest BCUT2D eigenvalue weighted by Gasteiger charge is 2.22. The first kappa shape index (κ1) is 22.1. The van der Waals surface area contributed by atoms with Crippen LogP contribution in [0.2, 0.25) is 0 Å². The van der Waals surface area contributed by atoms with E-state index in [1.165, 1.54) is 11.5 Å². The van der Waals surface area contributed by atoms with E-state index in [1.54, 1.807) is 31.2 Å². The lowest BCUT2D eigenvalue weighted by atomic mass is 10.1. The Hall–Kier alpha value is -3.06. The fourth-order valence-electron chi connectivity index (χ4n) is 3.80. The summed E-state index contributed by atoms with van der Waals surface area (Å²) in [6.07, 6.45) is 0.750. The van der Waals surface area contributed by atoms with Crippen LogP contribution in [0.3, 0.4) is 0 Å². The summed E-state index contributed by atoms with van der Waals surface area (Å²) >= 11 is 1.19. The summed E-state index contributed by atoms with van der Waals surface area (Å²) in [7, 11) is 2.15. The van der Waals surface area contributed by atoms with Crippen molar-refractivity contribution in [3.63, 3.8) is 0 Å². The molecular weight excluding hydrogens is 424 g/mol. The first-order valence-corrected chi connectivity index (χ1v) is 11.4. The second-order valence-corrected chi connectivity index (χ2v) is 8.89. The molecule has 166 valence electrons. The number of amides is 1. The first-order valence-electron chi connectivity index (χ1n) is 10.6. The number of aromatic nitrogens is 2. The number of nitrogens with zero attached hydrogens (tertiary/aromatic N) is 5. The van der Waals surface area contributed by atoms with Gasteiger partial charge in [0.15, 0.2) is 0 Å². The number of piperazine rings is 1. The topological polar surface area (TPSA) is 98.3 Å². The Kier molecular flexibility index (Phi) is 6.65. The zero-order valence-electron chi connectivity index (χ0n) is 18.5. The summed E-state index contributed by atoms with van der Waals surface area (Å²) in [6, 6.07) is 11.3. The third kappa shape index (κ3) is 5.05. The fourth-order valence-corrected chi connectivity index (χ4v) is 4.39. The smallest absolute Gasteiger partial charge is 0.261 e. The lowest BCUT2D eigenvalue weighted by molar-refractivity contribution is 0.102. The standard InChI is InChI=1S/C23H26N6O2S/c1-15(29-9-7-28(3)8-10-29)11-21-25-23(32-27-21)26-22(30)19-13-20(31-16(19)2)18-6-4-5-17(12-18)14-24/h4-6,12-13,15H,7-11H2,1-3H3,(H,25,26,27,30). The average Bonchev–Trinajstić information content (AvgIpc) is 3.40. The number of nitrogens with one attached hydrogen (secondary N) is 1.